The first kappa shape index (κ1) is 9.21. The molecule has 0 aromatic carbocycles. The van der Waals surface area contributed by atoms with Gasteiger partial charge in [0.15, 0.2) is 0 Å². The molecule has 0 aliphatic carbocycles. The molecule has 0 saturated heterocycles. The van der Waals surface area contributed by atoms with Crippen LogP contribution in [-0.4, -0.2) is 12.6 Å². The van der Waals surface area contributed by atoms with Gasteiger partial charge in [0.05, 0.1) is 0 Å². The van der Waals surface area contributed by atoms with E-state index in [1.54, 1.807) is 0 Å². The zero-order valence-electron chi connectivity index (χ0n) is 6.81. The molecule has 10 heavy (non-hydrogen) atoms. The zero-order chi connectivity index (χ0) is 7.98. The van der Waals surface area contributed by atoms with Crippen LogP contribution in [-0.2, 0) is 9.53 Å². The predicted molar refractivity (Wildman–Crippen MR) is 40.7 cm³/mol. The van der Waals surface area contributed by atoms with Crippen molar-refractivity contribution in [2.45, 2.75) is 27.2 Å². The number of esters is 1. The highest BCUT2D eigenvalue weighted by Crippen LogP contribution is 1.95. The van der Waals surface area contributed by atoms with Crippen LogP contribution in [0.1, 0.15) is 27.2 Å². The Hall–Kier alpha value is -0.790. The van der Waals surface area contributed by atoms with Crippen molar-refractivity contribution in [1.29, 1.82) is 0 Å². The minimum atomic E-state index is -0.219. The Morgan fingerprint density at radius 3 is 2.50 bits per heavy atom. The molecule has 2 nitrogen and oxygen atoms in total. The average molecular weight is 142 g/mol. The van der Waals surface area contributed by atoms with Crippen molar-refractivity contribution in [3.8, 4) is 0 Å². The van der Waals surface area contributed by atoms with Crippen molar-refractivity contribution in [3.05, 3.63) is 11.6 Å². The highest BCUT2D eigenvalue weighted by atomic mass is 16.5. The molecule has 0 saturated carbocycles. The standard InChI is InChI=1S/C8H14O2/c1-4-5-7(2)6-10-8(3)9/h5H,4,6H2,1-3H3/b7-5+. The van der Waals surface area contributed by atoms with Gasteiger partial charge in [0, 0.05) is 6.92 Å². The topological polar surface area (TPSA) is 26.3 Å². The van der Waals surface area contributed by atoms with Crippen LogP contribution in [0.25, 0.3) is 0 Å². The summed E-state index contributed by atoms with van der Waals surface area (Å²) in [5.74, 6) is -0.219. The smallest absolute Gasteiger partial charge is 0.302 e. The van der Waals surface area contributed by atoms with E-state index in [4.69, 9.17) is 4.74 Å². The number of carbonyl (C=O) groups is 1. The maximum atomic E-state index is 10.3. The van der Waals surface area contributed by atoms with Gasteiger partial charge in [-0.25, -0.2) is 0 Å². The summed E-state index contributed by atoms with van der Waals surface area (Å²) in [6, 6.07) is 0. The lowest BCUT2D eigenvalue weighted by Gasteiger charge is -1.99. The van der Waals surface area contributed by atoms with Crippen LogP contribution in [0.5, 0.6) is 0 Å². The molecule has 0 N–H and O–H groups in total. The molecule has 0 aromatic heterocycles. The van der Waals surface area contributed by atoms with Gasteiger partial charge < -0.3 is 4.74 Å². The van der Waals surface area contributed by atoms with Crippen LogP contribution in [0.2, 0.25) is 0 Å². The van der Waals surface area contributed by atoms with Crippen LogP contribution >= 0.6 is 0 Å². The second kappa shape index (κ2) is 5.03. The zero-order valence-corrected chi connectivity index (χ0v) is 6.81. The van der Waals surface area contributed by atoms with E-state index in [1.165, 1.54) is 6.92 Å². The highest BCUT2D eigenvalue weighted by Gasteiger charge is 1.91. The molecule has 0 spiro atoms. The fraction of sp³-hybridized carbons (Fsp3) is 0.625. The molecule has 0 heterocycles. The molecule has 2 heteroatoms. The first-order valence-corrected chi connectivity index (χ1v) is 3.45. The van der Waals surface area contributed by atoms with Gasteiger partial charge in [0.1, 0.15) is 6.61 Å². The number of hydrogen-bond donors (Lipinski definition) is 0. The van der Waals surface area contributed by atoms with Gasteiger partial charge in [0.2, 0.25) is 0 Å². The molecule has 0 aromatic rings. The summed E-state index contributed by atoms with van der Waals surface area (Å²) in [4.78, 5) is 10.3. The lowest BCUT2D eigenvalue weighted by atomic mass is 10.3. The summed E-state index contributed by atoms with van der Waals surface area (Å²) >= 11 is 0. The van der Waals surface area contributed by atoms with E-state index in [0.717, 1.165) is 12.0 Å². The Kier molecular flexibility index (Phi) is 4.63. The SMILES string of the molecule is CC/C=C(\C)COC(C)=O. The number of ether oxygens (including phenoxy) is 1. The molecular formula is C8H14O2. The summed E-state index contributed by atoms with van der Waals surface area (Å²) in [6.45, 7) is 5.85. The molecule has 0 bridgehead atoms. The molecule has 0 amide bonds. The lowest BCUT2D eigenvalue weighted by molar-refractivity contribution is -0.139. The first-order valence-electron chi connectivity index (χ1n) is 3.45. The number of carbonyl (C=O) groups excluding carboxylic acids is 1. The molecule has 0 radical (unpaired) electrons. The van der Waals surface area contributed by atoms with Crippen LogP contribution in [0.4, 0.5) is 0 Å². The minimum Gasteiger partial charge on any atom is -0.461 e. The number of hydrogen-bond acceptors (Lipinski definition) is 2. The maximum Gasteiger partial charge on any atom is 0.302 e. The second-order valence-corrected chi connectivity index (χ2v) is 2.24. The van der Waals surface area contributed by atoms with Crippen LogP contribution < -0.4 is 0 Å². The van der Waals surface area contributed by atoms with E-state index in [1.807, 2.05) is 13.0 Å². The van der Waals surface area contributed by atoms with Crippen molar-refractivity contribution in [2.24, 2.45) is 0 Å². The Balaban J connectivity index is 3.48. The Labute approximate surface area is 61.9 Å². The normalized spacial score (nSPS) is 11.3. The maximum absolute atomic E-state index is 10.3. The van der Waals surface area contributed by atoms with E-state index in [9.17, 15) is 4.79 Å². The number of allylic oxidation sites excluding steroid dienone is 1. The Morgan fingerprint density at radius 2 is 2.10 bits per heavy atom. The Morgan fingerprint density at radius 1 is 1.50 bits per heavy atom. The molecule has 0 unspecified atom stereocenters. The third kappa shape index (κ3) is 5.35. The molecule has 0 aliphatic rings. The van der Waals surface area contributed by atoms with Crippen molar-refractivity contribution >= 4 is 5.97 Å². The van der Waals surface area contributed by atoms with Gasteiger partial charge in [-0.05, 0) is 18.9 Å². The van der Waals surface area contributed by atoms with Crippen LogP contribution in [0.3, 0.4) is 0 Å². The van der Waals surface area contributed by atoms with E-state index in [2.05, 4.69) is 6.92 Å². The predicted octanol–water partition coefficient (Wildman–Crippen LogP) is 1.91. The number of rotatable bonds is 3. The molecule has 0 fully saturated rings. The third-order valence-corrected chi connectivity index (χ3v) is 1.06. The molecule has 58 valence electrons. The Bertz CT molecular complexity index is 136. The lowest BCUT2D eigenvalue weighted by Crippen LogP contribution is -2.00. The van der Waals surface area contributed by atoms with Gasteiger partial charge in [0.25, 0.3) is 0 Å². The van der Waals surface area contributed by atoms with Gasteiger partial charge in [-0.15, -0.1) is 0 Å². The van der Waals surface area contributed by atoms with Crippen molar-refractivity contribution in [1.82, 2.24) is 0 Å². The summed E-state index contributed by atoms with van der Waals surface area (Å²) in [6.07, 6.45) is 3.04. The monoisotopic (exact) mass is 142 g/mol. The largest absolute Gasteiger partial charge is 0.461 e. The summed E-state index contributed by atoms with van der Waals surface area (Å²) < 4.78 is 4.75. The van der Waals surface area contributed by atoms with E-state index < -0.39 is 0 Å². The van der Waals surface area contributed by atoms with E-state index in [0.29, 0.717) is 6.61 Å². The van der Waals surface area contributed by atoms with E-state index >= 15 is 0 Å². The average Bonchev–Trinajstić information content (AvgIpc) is 1.85. The van der Waals surface area contributed by atoms with Gasteiger partial charge >= 0.3 is 5.97 Å². The fourth-order valence-corrected chi connectivity index (χ4v) is 0.623. The van der Waals surface area contributed by atoms with Crippen LogP contribution in [0.15, 0.2) is 11.6 Å². The van der Waals surface area contributed by atoms with Crippen molar-refractivity contribution in [2.75, 3.05) is 6.61 Å². The third-order valence-electron chi connectivity index (χ3n) is 1.06. The summed E-state index contributed by atoms with van der Waals surface area (Å²) in [7, 11) is 0. The molecular weight excluding hydrogens is 128 g/mol. The molecule has 0 aliphatic heterocycles. The molecule has 0 atom stereocenters. The van der Waals surface area contributed by atoms with Gasteiger partial charge in [-0.2, -0.15) is 0 Å². The highest BCUT2D eigenvalue weighted by molar-refractivity contribution is 5.66. The van der Waals surface area contributed by atoms with E-state index in [-0.39, 0.29) is 5.97 Å². The van der Waals surface area contributed by atoms with Gasteiger partial charge in [-0.3, -0.25) is 4.79 Å². The summed E-state index contributed by atoms with van der Waals surface area (Å²) in [5.41, 5.74) is 1.11. The molecule has 0 rings (SSSR count). The second-order valence-electron chi connectivity index (χ2n) is 2.24. The first-order chi connectivity index (χ1) is 4.66. The fourth-order valence-electron chi connectivity index (χ4n) is 0.623. The summed E-state index contributed by atoms with van der Waals surface area (Å²) in [5, 5.41) is 0. The van der Waals surface area contributed by atoms with Crippen LogP contribution in [0, 0.1) is 0 Å². The van der Waals surface area contributed by atoms with Gasteiger partial charge in [-0.1, -0.05) is 13.0 Å². The van der Waals surface area contributed by atoms with Crippen molar-refractivity contribution in [3.63, 3.8) is 0 Å². The minimum absolute atomic E-state index is 0.219. The van der Waals surface area contributed by atoms with Crippen molar-refractivity contribution < 1.29 is 9.53 Å². The quantitative estimate of drug-likeness (QED) is 0.444.